The molecule has 3 heterocycles. The number of fused-ring (bicyclic) bond motifs is 1. The Bertz CT molecular complexity index is 600. The van der Waals surface area contributed by atoms with Gasteiger partial charge < -0.3 is 14.8 Å². The zero-order valence-electron chi connectivity index (χ0n) is 10.7. The lowest BCUT2D eigenvalue weighted by atomic mass is 10.0. The van der Waals surface area contributed by atoms with Crippen LogP contribution in [-0.2, 0) is 6.42 Å². The predicted molar refractivity (Wildman–Crippen MR) is 71.5 cm³/mol. The van der Waals surface area contributed by atoms with Gasteiger partial charge >= 0.3 is 5.97 Å². The van der Waals surface area contributed by atoms with E-state index in [1.807, 2.05) is 10.6 Å². The second-order valence-electron chi connectivity index (χ2n) is 5.01. The summed E-state index contributed by atoms with van der Waals surface area (Å²) in [4.78, 5) is 15.6. The van der Waals surface area contributed by atoms with Gasteiger partial charge in [-0.3, -0.25) is 0 Å². The average Bonchev–Trinajstić information content (AvgIpc) is 2.83. The van der Waals surface area contributed by atoms with Gasteiger partial charge in [0, 0.05) is 18.7 Å². The van der Waals surface area contributed by atoms with E-state index in [-0.39, 0.29) is 0 Å². The third-order valence-electron chi connectivity index (χ3n) is 3.72. The summed E-state index contributed by atoms with van der Waals surface area (Å²) in [6, 6.07) is 3.82. The highest BCUT2D eigenvalue weighted by Gasteiger charge is 2.17. The Balaban J connectivity index is 1.92. The van der Waals surface area contributed by atoms with Crippen molar-refractivity contribution in [2.75, 3.05) is 6.54 Å². The first-order valence-electron chi connectivity index (χ1n) is 6.67. The van der Waals surface area contributed by atoms with Gasteiger partial charge in [0.1, 0.15) is 5.82 Å². The van der Waals surface area contributed by atoms with E-state index in [0.29, 0.717) is 17.1 Å². The number of aromatic carboxylic acids is 1. The average molecular weight is 259 g/mol. The molecule has 1 atom stereocenters. The molecule has 2 N–H and O–H groups in total. The molecule has 0 saturated carbocycles. The van der Waals surface area contributed by atoms with Gasteiger partial charge in [0.05, 0.1) is 17.3 Å². The van der Waals surface area contributed by atoms with Crippen molar-refractivity contribution in [1.29, 1.82) is 0 Å². The third kappa shape index (κ3) is 2.33. The van der Waals surface area contributed by atoms with Crippen LogP contribution in [0.15, 0.2) is 24.5 Å². The van der Waals surface area contributed by atoms with Gasteiger partial charge in [0.15, 0.2) is 0 Å². The van der Waals surface area contributed by atoms with Crippen LogP contribution in [0.1, 0.15) is 35.4 Å². The second-order valence-corrected chi connectivity index (χ2v) is 5.01. The zero-order chi connectivity index (χ0) is 13.2. The molecule has 2 aromatic heterocycles. The molecule has 0 aromatic carbocycles. The first-order chi connectivity index (χ1) is 9.25. The highest BCUT2D eigenvalue weighted by Crippen LogP contribution is 2.16. The standard InChI is InChI=1S/C14H17N3O2/c18-14(19)11-5-3-7-17-12(11)9-16-13(17)8-10-4-1-2-6-15-10/h3,5,7,9-10,15H,1-2,4,6,8H2,(H,18,19). The minimum absolute atomic E-state index is 0.304. The zero-order valence-corrected chi connectivity index (χ0v) is 10.7. The van der Waals surface area contributed by atoms with E-state index in [1.165, 1.54) is 12.8 Å². The third-order valence-corrected chi connectivity index (χ3v) is 3.72. The number of pyridine rings is 1. The summed E-state index contributed by atoms with van der Waals surface area (Å²) in [7, 11) is 0. The molecule has 3 rings (SSSR count). The highest BCUT2D eigenvalue weighted by atomic mass is 16.4. The lowest BCUT2D eigenvalue weighted by Gasteiger charge is -2.22. The van der Waals surface area contributed by atoms with Gasteiger partial charge in [-0.1, -0.05) is 6.42 Å². The molecular formula is C14H17N3O2. The maximum absolute atomic E-state index is 11.2. The van der Waals surface area contributed by atoms with Crippen molar-refractivity contribution in [3.05, 3.63) is 35.9 Å². The minimum atomic E-state index is -0.909. The highest BCUT2D eigenvalue weighted by molar-refractivity contribution is 5.95. The number of piperidine rings is 1. The predicted octanol–water partition coefficient (Wildman–Crippen LogP) is 1.72. The monoisotopic (exact) mass is 259 g/mol. The van der Waals surface area contributed by atoms with Crippen LogP contribution in [-0.4, -0.2) is 33.0 Å². The van der Waals surface area contributed by atoms with Crippen molar-refractivity contribution in [3.8, 4) is 0 Å². The molecule has 5 heteroatoms. The topological polar surface area (TPSA) is 66.6 Å². The number of imidazole rings is 1. The van der Waals surface area contributed by atoms with Crippen LogP contribution in [0.25, 0.3) is 5.52 Å². The number of aromatic nitrogens is 2. The fraction of sp³-hybridized carbons (Fsp3) is 0.429. The molecule has 0 amide bonds. The van der Waals surface area contributed by atoms with E-state index in [4.69, 9.17) is 5.11 Å². The fourth-order valence-corrected chi connectivity index (χ4v) is 2.73. The minimum Gasteiger partial charge on any atom is -0.478 e. The van der Waals surface area contributed by atoms with Crippen LogP contribution in [0.3, 0.4) is 0 Å². The van der Waals surface area contributed by atoms with E-state index < -0.39 is 5.97 Å². The SMILES string of the molecule is O=C(O)c1cccn2c(CC3CCCCN3)ncc12. The molecule has 1 unspecified atom stereocenters. The normalized spacial score (nSPS) is 19.7. The van der Waals surface area contributed by atoms with Crippen LogP contribution in [0.2, 0.25) is 0 Å². The molecule has 1 aliphatic rings. The smallest absolute Gasteiger partial charge is 0.337 e. The molecule has 1 aliphatic heterocycles. The van der Waals surface area contributed by atoms with E-state index in [2.05, 4.69) is 10.3 Å². The fourth-order valence-electron chi connectivity index (χ4n) is 2.73. The van der Waals surface area contributed by atoms with E-state index in [1.54, 1.807) is 18.3 Å². The van der Waals surface area contributed by atoms with Crippen molar-refractivity contribution in [2.45, 2.75) is 31.7 Å². The number of carboxylic acids is 1. The van der Waals surface area contributed by atoms with Gasteiger partial charge in [-0.25, -0.2) is 9.78 Å². The molecule has 1 saturated heterocycles. The van der Waals surface area contributed by atoms with Crippen LogP contribution in [0.4, 0.5) is 0 Å². The lowest BCUT2D eigenvalue weighted by Crippen LogP contribution is -2.36. The van der Waals surface area contributed by atoms with Gasteiger partial charge in [-0.2, -0.15) is 0 Å². The molecule has 19 heavy (non-hydrogen) atoms. The maximum atomic E-state index is 11.2. The summed E-state index contributed by atoms with van der Waals surface area (Å²) in [5, 5.41) is 12.6. The van der Waals surface area contributed by atoms with Crippen LogP contribution in [0, 0.1) is 0 Å². The Labute approximate surface area is 111 Å². The summed E-state index contributed by atoms with van der Waals surface area (Å²) >= 11 is 0. The van der Waals surface area contributed by atoms with Gasteiger partial charge in [-0.05, 0) is 31.5 Å². The number of nitrogens with zero attached hydrogens (tertiary/aromatic N) is 2. The Morgan fingerprint density at radius 2 is 2.42 bits per heavy atom. The molecule has 1 fully saturated rings. The largest absolute Gasteiger partial charge is 0.478 e. The molecule has 0 spiro atoms. The van der Waals surface area contributed by atoms with E-state index in [0.717, 1.165) is 25.2 Å². The number of rotatable bonds is 3. The number of carbonyl (C=O) groups is 1. The van der Waals surface area contributed by atoms with E-state index in [9.17, 15) is 4.79 Å². The Morgan fingerprint density at radius 1 is 1.53 bits per heavy atom. The quantitative estimate of drug-likeness (QED) is 0.880. The van der Waals surface area contributed by atoms with Crippen molar-refractivity contribution < 1.29 is 9.90 Å². The molecular weight excluding hydrogens is 242 g/mol. The Kier molecular flexibility index (Phi) is 3.21. The summed E-state index contributed by atoms with van der Waals surface area (Å²) < 4.78 is 1.89. The summed E-state index contributed by atoms with van der Waals surface area (Å²) in [5.41, 5.74) is 0.971. The second kappa shape index (κ2) is 5.01. The van der Waals surface area contributed by atoms with Crippen molar-refractivity contribution >= 4 is 11.5 Å². The number of hydrogen-bond acceptors (Lipinski definition) is 3. The van der Waals surface area contributed by atoms with Gasteiger partial charge in [0.25, 0.3) is 0 Å². The maximum Gasteiger partial charge on any atom is 0.337 e. The van der Waals surface area contributed by atoms with Crippen LogP contribution < -0.4 is 5.32 Å². The van der Waals surface area contributed by atoms with Gasteiger partial charge in [-0.15, -0.1) is 0 Å². The summed E-state index contributed by atoms with van der Waals surface area (Å²) in [6.07, 6.45) is 8.03. The lowest BCUT2D eigenvalue weighted by molar-refractivity contribution is 0.0698. The molecule has 100 valence electrons. The molecule has 5 nitrogen and oxygen atoms in total. The summed E-state index contributed by atoms with van der Waals surface area (Å²) in [5.74, 6) is 0.0188. The Hall–Kier alpha value is -1.88. The first-order valence-corrected chi connectivity index (χ1v) is 6.67. The van der Waals surface area contributed by atoms with E-state index >= 15 is 0 Å². The van der Waals surface area contributed by atoms with Gasteiger partial charge in [0.2, 0.25) is 0 Å². The molecule has 0 bridgehead atoms. The summed E-state index contributed by atoms with van der Waals surface area (Å²) in [6.45, 7) is 1.06. The van der Waals surface area contributed by atoms with Crippen molar-refractivity contribution in [3.63, 3.8) is 0 Å². The van der Waals surface area contributed by atoms with Crippen molar-refractivity contribution in [2.24, 2.45) is 0 Å². The van der Waals surface area contributed by atoms with Crippen LogP contribution >= 0.6 is 0 Å². The van der Waals surface area contributed by atoms with Crippen LogP contribution in [0.5, 0.6) is 0 Å². The van der Waals surface area contributed by atoms with Crippen molar-refractivity contribution in [1.82, 2.24) is 14.7 Å². The number of carboxylic acid groups (broad SMARTS) is 1. The first kappa shape index (κ1) is 12.2. The number of nitrogens with one attached hydrogen (secondary N) is 1. The molecule has 2 aromatic rings. The molecule has 0 aliphatic carbocycles. The Morgan fingerprint density at radius 3 is 3.16 bits per heavy atom. The molecule has 0 radical (unpaired) electrons. The number of hydrogen-bond donors (Lipinski definition) is 2.